The number of hydrogen-bond donors (Lipinski definition) is 1. The quantitative estimate of drug-likeness (QED) is 0.903. The maximum atomic E-state index is 5.70. The van der Waals surface area contributed by atoms with E-state index in [1.54, 1.807) is 0 Å². The van der Waals surface area contributed by atoms with Gasteiger partial charge in [-0.25, -0.2) is 0 Å². The summed E-state index contributed by atoms with van der Waals surface area (Å²) in [6.07, 6.45) is 0.738. The third kappa shape index (κ3) is 3.17. The number of nitrogens with zero attached hydrogens (tertiary/aromatic N) is 2. The highest BCUT2D eigenvalue weighted by Crippen LogP contribution is 2.19. The molecule has 0 amide bonds. The lowest BCUT2D eigenvalue weighted by molar-refractivity contribution is 0.319. The summed E-state index contributed by atoms with van der Waals surface area (Å²) in [6, 6.07) is 6.16. The van der Waals surface area contributed by atoms with Crippen LogP contribution in [0.2, 0.25) is 0 Å². The van der Waals surface area contributed by atoms with Crippen LogP contribution in [0.4, 0.5) is 5.13 Å². The molecule has 0 aliphatic carbocycles. The minimum absolute atomic E-state index is 0.506. The Hall–Kier alpha value is -1.62. The monoisotopic (exact) mass is 249 g/mol. The molecule has 90 valence electrons. The van der Waals surface area contributed by atoms with Crippen molar-refractivity contribution in [2.24, 2.45) is 0 Å². The molecule has 0 aliphatic rings. The number of aromatic nitrogens is 2. The molecule has 4 nitrogen and oxygen atoms in total. The van der Waals surface area contributed by atoms with Crippen LogP contribution in [0.5, 0.6) is 5.75 Å². The fourth-order valence-electron chi connectivity index (χ4n) is 1.58. The van der Waals surface area contributed by atoms with Crippen molar-refractivity contribution in [3.63, 3.8) is 0 Å². The molecular weight excluding hydrogens is 234 g/mol. The normalized spacial score (nSPS) is 10.5. The van der Waals surface area contributed by atoms with Gasteiger partial charge in [-0.2, -0.15) is 0 Å². The van der Waals surface area contributed by atoms with E-state index in [9.17, 15) is 0 Å². The van der Waals surface area contributed by atoms with Gasteiger partial charge in [0, 0.05) is 6.42 Å². The molecule has 0 radical (unpaired) electrons. The number of benzene rings is 1. The summed E-state index contributed by atoms with van der Waals surface area (Å²) in [5, 5.41) is 9.12. The standard InChI is InChI=1S/C12H15N3OS/c1-8-3-4-10(9(2)7-8)16-6-5-11-14-15-12(13)17-11/h3-4,7H,5-6H2,1-2H3,(H2,13,15). The molecule has 0 bridgehead atoms. The average molecular weight is 249 g/mol. The number of rotatable bonds is 4. The van der Waals surface area contributed by atoms with Crippen molar-refractivity contribution in [3.05, 3.63) is 34.3 Å². The van der Waals surface area contributed by atoms with E-state index in [0.717, 1.165) is 22.7 Å². The first-order valence-electron chi connectivity index (χ1n) is 5.43. The highest BCUT2D eigenvalue weighted by molar-refractivity contribution is 7.15. The zero-order valence-electron chi connectivity index (χ0n) is 9.93. The van der Waals surface area contributed by atoms with Crippen molar-refractivity contribution >= 4 is 16.5 Å². The summed E-state index contributed by atoms with van der Waals surface area (Å²) < 4.78 is 5.70. The molecule has 17 heavy (non-hydrogen) atoms. The van der Waals surface area contributed by atoms with Gasteiger partial charge in [0.2, 0.25) is 5.13 Å². The fourth-order valence-corrected chi connectivity index (χ4v) is 2.17. The lowest BCUT2D eigenvalue weighted by Crippen LogP contribution is -2.02. The summed E-state index contributed by atoms with van der Waals surface area (Å²) in [4.78, 5) is 0. The van der Waals surface area contributed by atoms with Crippen molar-refractivity contribution in [2.45, 2.75) is 20.3 Å². The second kappa shape index (κ2) is 5.14. The van der Waals surface area contributed by atoms with Crippen LogP contribution < -0.4 is 10.5 Å². The average Bonchev–Trinajstić information content (AvgIpc) is 2.68. The van der Waals surface area contributed by atoms with E-state index in [-0.39, 0.29) is 0 Å². The Labute approximate surface area is 104 Å². The second-order valence-corrected chi connectivity index (χ2v) is 5.00. The molecule has 1 heterocycles. The molecule has 2 N–H and O–H groups in total. The van der Waals surface area contributed by atoms with Crippen molar-refractivity contribution in [1.29, 1.82) is 0 Å². The van der Waals surface area contributed by atoms with Gasteiger partial charge in [-0.15, -0.1) is 10.2 Å². The van der Waals surface area contributed by atoms with Gasteiger partial charge in [0.25, 0.3) is 0 Å². The van der Waals surface area contributed by atoms with E-state index >= 15 is 0 Å². The van der Waals surface area contributed by atoms with Crippen LogP contribution in [0.1, 0.15) is 16.1 Å². The molecule has 0 fully saturated rings. The molecule has 1 aromatic heterocycles. The second-order valence-electron chi connectivity index (χ2n) is 3.90. The van der Waals surface area contributed by atoms with Crippen molar-refractivity contribution in [2.75, 3.05) is 12.3 Å². The van der Waals surface area contributed by atoms with Crippen molar-refractivity contribution in [3.8, 4) is 5.75 Å². The van der Waals surface area contributed by atoms with Gasteiger partial charge in [0.1, 0.15) is 10.8 Å². The Bertz CT molecular complexity index is 510. The van der Waals surface area contributed by atoms with Crippen LogP contribution in [-0.2, 0) is 6.42 Å². The summed E-state index contributed by atoms with van der Waals surface area (Å²) >= 11 is 1.41. The van der Waals surface area contributed by atoms with Gasteiger partial charge >= 0.3 is 0 Å². The molecule has 2 rings (SSSR count). The number of anilines is 1. The Morgan fingerprint density at radius 3 is 2.76 bits per heavy atom. The van der Waals surface area contributed by atoms with E-state index < -0.39 is 0 Å². The van der Waals surface area contributed by atoms with Crippen LogP contribution in [0.15, 0.2) is 18.2 Å². The number of hydrogen-bond acceptors (Lipinski definition) is 5. The van der Waals surface area contributed by atoms with Gasteiger partial charge in [0.05, 0.1) is 6.61 Å². The van der Waals surface area contributed by atoms with Crippen LogP contribution in [0, 0.1) is 13.8 Å². The zero-order chi connectivity index (χ0) is 12.3. The van der Waals surface area contributed by atoms with E-state index in [1.807, 2.05) is 19.1 Å². The largest absolute Gasteiger partial charge is 0.493 e. The lowest BCUT2D eigenvalue weighted by Gasteiger charge is -2.08. The van der Waals surface area contributed by atoms with Gasteiger partial charge in [-0.05, 0) is 25.5 Å². The summed E-state index contributed by atoms with van der Waals surface area (Å²) in [7, 11) is 0. The highest BCUT2D eigenvalue weighted by Gasteiger charge is 2.03. The molecule has 2 aromatic rings. The van der Waals surface area contributed by atoms with Gasteiger partial charge < -0.3 is 10.5 Å². The number of aryl methyl sites for hydroxylation is 2. The Morgan fingerprint density at radius 1 is 1.29 bits per heavy atom. The lowest BCUT2D eigenvalue weighted by atomic mass is 10.1. The van der Waals surface area contributed by atoms with Crippen molar-refractivity contribution in [1.82, 2.24) is 10.2 Å². The summed E-state index contributed by atoms with van der Waals surface area (Å²) in [5.74, 6) is 0.924. The van der Waals surface area contributed by atoms with E-state index in [0.29, 0.717) is 11.7 Å². The van der Waals surface area contributed by atoms with Crippen LogP contribution in [0.3, 0.4) is 0 Å². The van der Waals surface area contributed by atoms with Gasteiger partial charge in [0.15, 0.2) is 0 Å². The number of nitrogens with two attached hydrogens (primary N) is 1. The number of nitrogen functional groups attached to an aromatic ring is 1. The minimum Gasteiger partial charge on any atom is -0.493 e. The first kappa shape index (κ1) is 11.9. The maximum absolute atomic E-state index is 5.70. The molecule has 0 spiro atoms. The van der Waals surface area contributed by atoms with Crippen LogP contribution in [-0.4, -0.2) is 16.8 Å². The zero-order valence-corrected chi connectivity index (χ0v) is 10.8. The molecule has 1 aromatic carbocycles. The molecule has 0 atom stereocenters. The Morgan fingerprint density at radius 2 is 2.12 bits per heavy atom. The predicted octanol–water partition coefficient (Wildman–Crippen LogP) is 2.36. The highest BCUT2D eigenvalue weighted by atomic mass is 32.1. The first-order valence-corrected chi connectivity index (χ1v) is 6.25. The molecule has 0 saturated carbocycles. The molecule has 0 saturated heterocycles. The first-order chi connectivity index (χ1) is 8.15. The predicted molar refractivity (Wildman–Crippen MR) is 69.4 cm³/mol. The maximum Gasteiger partial charge on any atom is 0.203 e. The van der Waals surface area contributed by atoms with Gasteiger partial charge in [-0.1, -0.05) is 29.0 Å². The Balaban J connectivity index is 1.90. The third-order valence-electron chi connectivity index (χ3n) is 2.39. The van der Waals surface area contributed by atoms with Crippen molar-refractivity contribution < 1.29 is 4.74 Å². The van der Waals surface area contributed by atoms with E-state index in [2.05, 4.69) is 23.2 Å². The molecule has 0 aliphatic heterocycles. The Kier molecular flexibility index (Phi) is 3.58. The smallest absolute Gasteiger partial charge is 0.203 e. The summed E-state index contributed by atoms with van der Waals surface area (Å²) in [5.41, 5.74) is 7.90. The molecular formula is C12H15N3OS. The van der Waals surface area contributed by atoms with E-state index in [4.69, 9.17) is 10.5 Å². The third-order valence-corrected chi connectivity index (χ3v) is 3.20. The topological polar surface area (TPSA) is 61.0 Å². The van der Waals surface area contributed by atoms with Crippen LogP contribution in [0.25, 0.3) is 0 Å². The van der Waals surface area contributed by atoms with Crippen LogP contribution >= 0.6 is 11.3 Å². The number of ether oxygens (including phenoxy) is 1. The molecule has 0 unspecified atom stereocenters. The SMILES string of the molecule is Cc1ccc(OCCc2nnc(N)s2)c(C)c1. The fraction of sp³-hybridized carbons (Fsp3) is 0.333. The minimum atomic E-state index is 0.506. The van der Waals surface area contributed by atoms with Gasteiger partial charge in [-0.3, -0.25) is 0 Å². The molecule has 5 heteroatoms. The van der Waals surface area contributed by atoms with E-state index in [1.165, 1.54) is 16.9 Å². The summed E-state index contributed by atoms with van der Waals surface area (Å²) in [6.45, 7) is 4.71.